The van der Waals surface area contributed by atoms with Gasteiger partial charge < -0.3 is 59.2 Å². The second kappa shape index (κ2) is 31.1. The van der Waals surface area contributed by atoms with E-state index in [-0.39, 0.29) is 36.0 Å². The lowest BCUT2D eigenvalue weighted by atomic mass is 9.71. The van der Waals surface area contributed by atoms with Gasteiger partial charge in [0, 0.05) is 24.2 Å². The Morgan fingerprint density at radius 3 is 0.783 bits per heavy atom. The molecule has 0 spiro atoms. The molecular formula is C80H94N4O8. The van der Waals surface area contributed by atoms with Crippen LogP contribution in [0.5, 0.6) is 46.0 Å². The van der Waals surface area contributed by atoms with Crippen LogP contribution in [0.2, 0.25) is 0 Å². The first-order valence-electron chi connectivity index (χ1n) is 33.7. The molecule has 0 aliphatic carbocycles. The molecule has 92 heavy (non-hydrogen) atoms. The summed E-state index contributed by atoms with van der Waals surface area (Å²) in [5.41, 5.74) is 14.8. The Kier molecular flexibility index (Phi) is 21.7. The van der Waals surface area contributed by atoms with Gasteiger partial charge in [0.05, 0.1) is 28.4 Å². The molecule has 8 aromatic carbocycles. The van der Waals surface area contributed by atoms with Crippen LogP contribution in [0.3, 0.4) is 0 Å². The van der Waals surface area contributed by atoms with E-state index in [0.717, 1.165) is 159 Å². The lowest BCUT2D eigenvalue weighted by Crippen LogP contribution is -2.44. The van der Waals surface area contributed by atoms with E-state index in [1.807, 2.05) is 24.3 Å². The van der Waals surface area contributed by atoms with Crippen molar-refractivity contribution in [1.82, 2.24) is 21.3 Å². The van der Waals surface area contributed by atoms with Gasteiger partial charge in [0.25, 0.3) is 0 Å². The molecule has 482 valence electrons. The van der Waals surface area contributed by atoms with Gasteiger partial charge in [0.2, 0.25) is 0 Å². The molecular weight excluding hydrogens is 1140 g/mol. The van der Waals surface area contributed by atoms with Crippen LogP contribution in [0.1, 0.15) is 143 Å². The maximum atomic E-state index is 6.71. The number of methoxy groups -OCH3 is 4. The minimum absolute atomic E-state index is 0.0265. The van der Waals surface area contributed by atoms with Crippen molar-refractivity contribution in [3.63, 3.8) is 0 Å². The Bertz CT molecular complexity index is 3200. The van der Waals surface area contributed by atoms with Crippen LogP contribution in [-0.2, 0) is 52.1 Å². The van der Waals surface area contributed by atoms with Crippen LogP contribution in [0.25, 0.3) is 0 Å². The van der Waals surface area contributed by atoms with E-state index in [4.69, 9.17) is 37.9 Å². The number of ether oxygens (including phenoxy) is 8. The molecule has 4 aliphatic rings. The van der Waals surface area contributed by atoms with Crippen molar-refractivity contribution in [1.29, 1.82) is 0 Å². The van der Waals surface area contributed by atoms with Crippen LogP contribution >= 0.6 is 0 Å². The predicted molar refractivity (Wildman–Crippen MR) is 366 cm³/mol. The van der Waals surface area contributed by atoms with Gasteiger partial charge in [-0.15, -0.1) is 0 Å². The zero-order valence-corrected chi connectivity index (χ0v) is 54.8. The molecule has 4 heterocycles. The summed E-state index contributed by atoms with van der Waals surface area (Å²) in [6.07, 6.45) is 9.97. The first kappa shape index (κ1) is 64.1. The summed E-state index contributed by atoms with van der Waals surface area (Å²) >= 11 is 0. The Balaban J connectivity index is 0.883. The molecule has 6 atom stereocenters. The minimum atomic E-state index is 0.0265. The fourth-order valence-electron chi connectivity index (χ4n) is 15.1. The largest absolute Gasteiger partial charge is 0.493 e. The van der Waals surface area contributed by atoms with Gasteiger partial charge in [-0.25, -0.2) is 0 Å². The first-order chi connectivity index (χ1) is 45.3. The van der Waals surface area contributed by atoms with E-state index in [9.17, 15) is 0 Å². The number of nitrogens with one attached hydrogen (secondary N) is 4. The van der Waals surface area contributed by atoms with Crippen LogP contribution in [0.4, 0.5) is 0 Å². The second-order valence-corrected chi connectivity index (χ2v) is 25.6. The van der Waals surface area contributed by atoms with Crippen molar-refractivity contribution in [2.45, 2.75) is 129 Å². The number of fused-ring (bicyclic) bond motifs is 4. The van der Waals surface area contributed by atoms with E-state index >= 15 is 0 Å². The molecule has 0 bridgehead atoms. The summed E-state index contributed by atoms with van der Waals surface area (Å²) in [7, 11) is 7.03. The summed E-state index contributed by atoms with van der Waals surface area (Å²) < 4.78 is 51.2. The van der Waals surface area contributed by atoms with Gasteiger partial charge >= 0.3 is 0 Å². The van der Waals surface area contributed by atoms with Crippen LogP contribution in [-0.4, -0.2) is 54.6 Å². The van der Waals surface area contributed by atoms with Crippen molar-refractivity contribution >= 4 is 0 Å². The van der Waals surface area contributed by atoms with Crippen molar-refractivity contribution in [3.8, 4) is 46.0 Å². The molecule has 12 nitrogen and oxygen atoms in total. The SMILES string of the molecule is CCC(CCC(CC)CC(C1NCCc2cc(OC)c(OCc3ccccc3)cc21)C1NCCc2cc(OC)c(OCc3ccccc3)cc21)CC(C1NCCc2cc(OC)c(OCc3ccccc3)cc21)C1NCCc2cc(OC)c(OCc3ccccc3)cc21. The zero-order valence-electron chi connectivity index (χ0n) is 54.8. The van der Waals surface area contributed by atoms with E-state index in [2.05, 4.69) is 181 Å². The standard InChI is InChI=1S/C80H94N4O8/c1-7-53(39-67(77-63-45-73(89-49-55-21-13-9-14-22-55)69(85-3)41-59(63)31-35-81-77)78-64-46-74(90-50-56-23-15-10-16-24-56)70(86-4)42-60(64)32-36-82-78)29-30-54(8-2)40-68(79-65-47-75(91-51-57-25-17-11-18-26-57)71(87-5)43-61(65)33-37-83-79)80-66-48-76(92-52-58-27-19-12-20-28-58)72(88-6)44-62(66)34-38-84-80/h9-28,41-48,53-54,67-68,77-84H,7-8,29-40,49-52H2,1-6H3. The van der Waals surface area contributed by atoms with E-state index in [1.165, 1.54) is 44.5 Å². The van der Waals surface area contributed by atoms with Gasteiger partial charge in [0.1, 0.15) is 26.4 Å². The van der Waals surface area contributed by atoms with Gasteiger partial charge in [-0.2, -0.15) is 0 Å². The third kappa shape index (κ3) is 15.1. The summed E-state index contributed by atoms with van der Waals surface area (Å²) in [4.78, 5) is 0. The predicted octanol–water partition coefficient (Wildman–Crippen LogP) is 15.7. The normalized spacial score (nSPS) is 18.7. The van der Waals surface area contributed by atoms with E-state index in [1.54, 1.807) is 28.4 Å². The molecule has 8 aromatic rings. The van der Waals surface area contributed by atoms with Gasteiger partial charge in [0.15, 0.2) is 46.0 Å². The Morgan fingerprint density at radius 2 is 0.565 bits per heavy atom. The van der Waals surface area contributed by atoms with Gasteiger partial charge in [-0.3, -0.25) is 0 Å². The average molecular weight is 1240 g/mol. The highest BCUT2D eigenvalue weighted by atomic mass is 16.5. The molecule has 4 N–H and O–H groups in total. The molecule has 0 fully saturated rings. The first-order valence-corrected chi connectivity index (χ1v) is 33.7. The second-order valence-electron chi connectivity index (χ2n) is 25.6. The molecule has 0 saturated carbocycles. The summed E-state index contributed by atoms with van der Waals surface area (Å²) in [6, 6.07) is 59.9. The summed E-state index contributed by atoms with van der Waals surface area (Å²) in [5.74, 6) is 7.34. The zero-order chi connectivity index (χ0) is 63.2. The Morgan fingerprint density at radius 1 is 0.326 bits per heavy atom. The molecule has 6 unspecified atom stereocenters. The van der Waals surface area contributed by atoms with Gasteiger partial charge in [-0.1, -0.05) is 161 Å². The number of rotatable bonds is 29. The van der Waals surface area contributed by atoms with Crippen molar-refractivity contribution in [2.24, 2.45) is 23.7 Å². The van der Waals surface area contributed by atoms with Crippen molar-refractivity contribution in [2.75, 3.05) is 54.6 Å². The Hall–Kier alpha value is -8.00. The maximum Gasteiger partial charge on any atom is 0.162 e. The molecule has 0 radical (unpaired) electrons. The number of benzene rings is 8. The minimum Gasteiger partial charge on any atom is -0.493 e. The quantitative estimate of drug-likeness (QED) is 0.0357. The third-order valence-electron chi connectivity index (χ3n) is 20.1. The molecule has 0 saturated heterocycles. The highest BCUT2D eigenvalue weighted by Gasteiger charge is 2.41. The van der Waals surface area contributed by atoms with Crippen LogP contribution in [0.15, 0.2) is 170 Å². The topological polar surface area (TPSA) is 122 Å². The van der Waals surface area contributed by atoms with Crippen LogP contribution < -0.4 is 59.2 Å². The average Bonchev–Trinajstić information content (AvgIpc) is 0.784. The Labute approximate surface area is 546 Å². The fourth-order valence-corrected chi connectivity index (χ4v) is 15.1. The molecule has 0 aromatic heterocycles. The number of hydrogen-bond donors (Lipinski definition) is 4. The summed E-state index contributed by atoms with van der Waals surface area (Å²) in [6.45, 7) is 10.1. The molecule has 0 amide bonds. The number of hydrogen-bond acceptors (Lipinski definition) is 12. The fraction of sp³-hybridized carbons (Fsp3) is 0.400. The highest BCUT2D eigenvalue weighted by Crippen LogP contribution is 2.50. The van der Waals surface area contributed by atoms with Gasteiger partial charge in [-0.05, 0) is 204 Å². The smallest absolute Gasteiger partial charge is 0.162 e. The molecule has 4 aliphatic heterocycles. The highest BCUT2D eigenvalue weighted by molar-refractivity contribution is 5.54. The van der Waals surface area contributed by atoms with E-state index < -0.39 is 0 Å². The van der Waals surface area contributed by atoms with E-state index in [0.29, 0.717) is 38.3 Å². The monoisotopic (exact) mass is 1240 g/mol. The maximum absolute atomic E-state index is 6.71. The summed E-state index contributed by atoms with van der Waals surface area (Å²) in [5, 5.41) is 16.6. The molecule has 12 heteroatoms. The lowest BCUT2D eigenvalue weighted by Gasteiger charge is -2.43. The van der Waals surface area contributed by atoms with Crippen molar-refractivity contribution in [3.05, 3.63) is 237 Å². The van der Waals surface area contributed by atoms with Crippen molar-refractivity contribution < 1.29 is 37.9 Å². The third-order valence-corrected chi connectivity index (χ3v) is 20.1. The lowest BCUT2D eigenvalue weighted by molar-refractivity contribution is 0.181. The molecule has 12 rings (SSSR count). The van der Waals surface area contributed by atoms with Crippen LogP contribution in [0, 0.1) is 23.7 Å².